The van der Waals surface area contributed by atoms with E-state index in [0.29, 0.717) is 12.1 Å². The number of H-pyrrole nitrogens is 1. The molecule has 214 valence electrons. The highest BCUT2D eigenvalue weighted by atomic mass is 19.3. The van der Waals surface area contributed by atoms with Crippen molar-refractivity contribution in [2.24, 2.45) is 0 Å². The molecule has 2 aliphatic rings. The van der Waals surface area contributed by atoms with Crippen molar-refractivity contribution in [2.45, 2.75) is 57.7 Å². The Hall–Kier alpha value is -3.78. The second-order valence-electron chi connectivity index (χ2n) is 11.3. The number of aromatic amines is 1. The molecule has 1 saturated heterocycles. The summed E-state index contributed by atoms with van der Waals surface area (Å²) in [6, 6.07) is 19.2. The zero-order chi connectivity index (χ0) is 28.6. The van der Waals surface area contributed by atoms with Crippen LogP contribution in [0.5, 0.6) is 0 Å². The Kier molecular flexibility index (Phi) is 7.51. The molecular weight excluding hydrogens is 525 g/mol. The predicted octanol–water partition coefficient (Wildman–Crippen LogP) is 6.77. The summed E-state index contributed by atoms with van der Waals surface area (Å²) in [7, 11) is 0. The molecule has 2 N–H and O–H groups in total. The summed E-state index contributed by atoms with van der Waals surface area (Å²) < 4.78 is 41.3. The molecule has 0 spiro atoms. The molecule has 0 saturated carbocycles. The normalized spacial score (nSPS) is 16.6. The summed E-state index contributed by atoms with van der Waals surface area (Å²) in [4.78, 5) is 21.3. The summed E-state index contributed by atoms with van der Waals surface area (Å²) in [5.74, 6) is -3.11. The van der Waals surface area contributed by atoms with Crippen LogP contribution in [0.2, 0.25) is 0 Å². The first kappa shape index (κ1) is 27.4. The minimum Gasteiger partial charge on any atom is -0.371 e. The van der Waals surface area contributed by atoms with E-state index >= 15 is 0 Å². The van der Waals surface area contributed by atoms with Crippen LogP contribution in [0, 0.1) is 5.82 Å². The van der Waals surface area contributed by atoms with Crippen LogP contribution < -0.4 is 10.2 Å². The van der Waals surface area contributed by atoms with Crippen molar-refractivity contribution in [3.05, 3.63) is 100 Å². The van der Waals surface area contributed by atoms with Gasteiger partial charge in [-0.1, -0.05) is 31.2 Å². The summed E-state index contributed by atoms with van der Waals surface area (Å²) in [6.07, 6.45) is 2.32. The number of hydrogen-bond donors (Lipinski definition) is 2. The lowest BCUT2D eigenvalue weighted by atomic mass is 10.0. The van der Waals surface area contributed by atoms with Gasteiger partial charge in [0.25, 0.3) is 11.8 Å². The molecule has 5 nitrogen and oxygen atoms in total. The zero-order valence-electron chi connectivity index (χ0n) is 23.2. The number of alkyl halides is 2. The van der Waals surface area contributed by atoms with Gasteiger partial charge in [-0.15, -0.1) is 0 Å². The van der Waals surface area contributed by atoms with Gasteiger partial charge < -0.3 is 15.2 Å². The standard InChI is InChI=1S/C33H35F3N4O/c1-2-33(35,36)24-6-3-22(4-7-24)20-39-16-15-31-29(21-39)28-19-23(5-12-30(28)38-31)32(41)37-26-13-17-40(18-14-26)27-10-8-25(34)9-11-27/h3-12,19,26,38H,2,13-18,20-21H2,1H3,(H,37,41). The van der Waals surface area contributed by atoms with Gasteiger partial charge in [0.2, 0.25) is 0 Å². The third-order valence-electron chi connectivity index (χ3n) is 8.56. The first-order valence-electron chi connectivity index (χ1n) is 14.4. The number of carbonyl (C=O) groups is 1. The highest BCUT2D eigenvalue weighted by Crippen LogP contribution is 2.32. The Morgan fingerprint density at radius 3 is 2.44 bits per heavy atom. The molecule has 4 aromatic rings. The summed E-state index contributed by atoms with van der Waals surface area (Å²) in [5.41, 5.74) is 6.13. The van der Waals surface area contributed by atoms with Crippen molar-refractivity contribution >= 4 is 22.5 Å². The highest BCUT2D eigenvalue weighted by molar-refractivity contribution is 5.99. The first-order chi connectivity index (χ1) is 19.8. The van der Waals surface area contributed by atoms with E-state index in [1.807, 2.05) is 18.2 Å². The van der Waals surface area contributed by atoms with Gasteiger partial charge in [-0.25, -0.2) is 13.2 Å². The van der Waals surface area contributed by atoms with Crippen molar-refractivity contribution in [2.75, 3.05) is 24.5 Å². The van der Waals surface area contributed by atoms with Gasteiger partial charge in [-0.05, 0) is 66.4 Å². The van der Waals surface area contributed by atoms with Crippen LogP contribution in [0.1, 0.15) is 58.9 Å². The molecule has 1 fully saturated rings. The number of anilines is 1. The monoisotopic (exact) mass is 560 g/mol. The number of carbonyl (C=O) groups excluding carboxylic acids is 1. The molecule has 3 aromatic carbocycles. The summed E-state index contributed by atoms with van der Waals surface area (Å²) >= 11 is 0. The van der Waals surface area contributed by atoms with Crippen LogP contribution in [-0.4, -0.2) is 41.5 Å². The molecule has 0 atom stereocenters. The third-order valence-corrected chi connectivity index (χ3v) is 8.56. The maximum atomic E-state index is 14.0. The van der Waals surface area contributed by atoms with Crippen molar-refractivity contribution in [3.63, 3.8) is 0 Å². The van der Waals surface area contributed by atoms with Crippen molar-refractivity contribution in [1.29, 1.82) is 0 Å². The fourth-order valence-electron chi connectivity index (χ4n) is 6.07. The first-order valence-corrected chi connectivity index (χ1v) is 14.4. The average molecular weight is 561 g/mol. The van der Waals surface area contributed by atoms with Crippen molar-refractivity contribution < 1.29 is 18.0 Å². The van der Waals surface area contributed by atoms with E-state index in [9.17, 15) is 18.0 Å². The van der Waals surface area contributed by atoms with E-state index in [4.69, 9.17) is 0 Å². The summed E-state index contributed by atoms with van der Waals surface area (Å²) in [6.45, 7) is 5.39. The molecule has 0 bridgehead atoms. The van der Waals surface area contributed by atoms with Crippen LogP contribution in [-0.2, 0) is 25.4 Å². The molecule has 0 unspecified atom stereocenters. The lowest BCUT2D eigenvalue weighted by molar-refractivity contribution is -0.00831. The second-order valence-corrected chi connectivity index (χ2v) is 11.3. The molecule has 8 heteroatoms. The van der Waals surface area contributed by atoms with Gasteiger partial charge in [0.15, 0.2) is 0 Å². The third kappa shape index (κ3) is 5.84. The number of hydrogen-bond acceptors (Lipinski definition) is 3. The number of halogens is 3. The topological polar surface area (TPSA) is 51.4 Å². The van der Waals surface area contributed by atoms with Crippen molar-refractivity contribution in [3.8, 4) is 0 Å². The number of benzene rings is 3. The fourth-order valence-corrected chi connectivity index (χ4v) is 6.07. The molecule has 1 amide bonds. The Balaban J connectivity index is 1.10. The van der Waals surface area contributed by atoms with E-state index in [1.165, 1.54) is 42.4 Å². The predicted molar refractivity (Wildman–Crippen MR) is 156 cm³/mol. The summed E-state index contributed by atoms with van der Waals surface area (Å²) in [5, 5.41) is 4.27. The number of aromatic nitrogens is 1. The van der Waals surface area contributed by atoms with E-state index in [2.05, 4.69) is 20.1 Å². The molecule has 0 aliphatic carbocycles. The number of nitrogens with one attached hydrogen (secondary N) is 2. The Morgan fingerprint density at radius 2 is 1.73 bits per heavy atom. The number of amides is 1. The fraction of sp³-hybridized carbons (Fsp3) is 0.364. The van der Waals surface area contributed by atoms with Gasteiger partial charge in [0.1, 0.15) is 5.82 Å². The minimum atomic E-state index is -2.80. The van der Waals surface area contributed by atoms with Gasteiger partial charge in [-0.2, -0.15) is 0 Å². The van der Waals surface area contributed by atoms with Crippen LogP contribution in [0.15, 0.2) is 66.7 Å². The lowest BCUT2D eigenvalue weighted by Gasteiger charge is -2.34. The second kappa shape index (κ2) is 11.2. The molecule has 1 aromatic heterocycles. The molecule has 0 radical (unpaired) electrons. The van der Waals surface area contributed by atoms with Crippen LogP contribution in [0.3, 0.4) is 0 Å². The quantitative estimate of drug-likeness (QED) is 0.263. The van der Waals surface area contributed by atoms with Gasteiger partial charge in [0, 0.05) is 85.0 Å². The number of piperidine rings is 1. The Labute approximate surface area is 238 Å². The van der Waals surface area contributed by atoms with Crippen LogP contribution in [0.4, 0.5) is 18.9 Å². The lowest BCUT2D eigenvalue weighted by Crippen LogP contribution is -2.44. The molecule has 6 rings (SSSR count). The van der Waals surface area contributed by atoms with Gasteiger partial charge >= 0.3 is 0 Å². The Bertz CT molecular complexity index is 1520. The van der Waals surface area contributed by atoms with E-state index in [1.54, 1.807) is 24.3 Å². The maximum Gasteiger partial charge on any atom is 0.273 e. The van der Waals surface area contributed by atoms with E-state index in [0.717, 1.165) is 67.6 Å². The smallest absolute Gasteiger partial charge is 0.273 e. The van der Waals surface area contributed by atoms with E-state index in [-0.39, 0.29) is 29.8 Å². The maximum absolute atomic E-state index is 14.0. The zero-order valence-corrected chi connectivity index (χ0v) is 23.2. The molecular formula is C33H35F3N4O. The highest BCUT2D eigenvalue weighted by Gasteiger charge is 2.29. The molecule has 3 heterocycles. The molecule has 41 heavy (non-hydrogen) atoms. The SMILES string of the molecule is CCC(F)(F)c1ccc(CN2CCc3[nH]c4ccc(C(=O)NC5CCN(c6ccc(F)cc6)CC5)cc4c3C2)cc1. The van der Waals surface area contributed by atoms with Gasteiger partial charge in [-0.3, -0.25) is 9.69 Å². The number of nitrogens with zero attached hydrogens (tertiary/aromatic N) is 2. The van der Waals surface area contributed by atoms with E-state index < -0.39 is 5.92 Å². The van der Waals surface area contributed by atoms with Crippen LogP contribution >= 0.6 is 0 Å². The minimum absolute atomic E-state index is 0.0607. The van der Waals surface area contributed by atoms with Crippen LogP contribution in [0.25, 0.3) is 10.9 Å². The largest absolute Gasteiger partial charge is 0.371 e. The Morgan fingerprint density at radius 1 is 1.00 bits per heavy atom. The number of fused-ring (bicyclic) bond motifs is 3. The van der Waals surface area contributed by atoms with Crippen molar-refractivity contribution in [1.82, 2.24) is 15.2 Å². The van der Waals surface area contributed by atoms with Gasteiger partial charge in [0.05, 0.1) is 0 Å². The average Bonchev–Trinajstić information content (AvgIpc) is 3.35. The number of rotatable bonds is 7. The molecule has 2 aliphatic heterocycles.